The molecule has 1 atom stereocenters. The van der Waals surface area contributed by atoms with Crippen LogP contribution in [0.4, 0.5) is 0 Å². The molecule has 0 amide bonds. The lowest BCUT2D eigenvalue weighted by Crippen LogP contribution is -2.66. The molecule has 1 aliphatic heterocycles. The highest BCUT2D eigenvalue weighted by Gasteiger charge is 2.53. The summed E-state index contributed by atoms with van der Waals surface area (Å²) >= 11 is 0. The average Bonchev–Trinajstić information content (AvgIpc) is 2.82. The Balaban J connectivity index is 1.64. The fourth-order valence-corrected chi connectivity index (χ4v) is 3.38. The molecule has 3 rings (SSSR count). The summed E-state index contributed by atoms with van der Waals surface area (Å²) in [6.07, 6.45) is 6.51. The van der Waals surface area contributed by atoms with Gasteiger partial charge >= 0.3 is 0 Å². The van der Waals surface area contributed by atoms with Crippen LogP contribution in [0.3, 0.4) is 0 Å². The van der Waals surface area contributed by atoms with Crippen molar-refractivity contribution in [3.05, 3.63) is 0 Å². The second kappa shape index (κ2) is 2.73. The molecule has 80 valence electrons. The van der Waals surface area contributed by atoms with Crippen LogP contribution < -0.4 is 5.32 Å². The molecule has 0 bridgehead atoms. The van der Waals surface area contributed by atoms with Crippen LogP contribution in [-0.4, -0.2) is 18.4 Å². The van der Waals surface area contributed by atoms with Gasteiger partial charge in [-0.3, -0.25) is 5.32 Å². The van der Waals surface area contributed by atoms with Crippen molar-refractivity contribution in [2.45, 2.75) is 57.7 Å². The van der Waals surface area contributed by atoms with E-state index in [9.17, 15) is 0 Å². The molecule has 0 aromatic carbocycles. The zero-order valence-corrected chi connectivity index (χ0v) is 9.31. The lowest BCUT2D eigenvalue weighted by molar-refractivity contribution is -0.205. The highest BCUT2D eigenvalue weighted by molar-refractivity contribution is 5.04. The molecule has 0 radical (unpaired) electrons. The summed E-state index contributed by atoms with van der Waals surface area (Å²) in [5, 5.41) is 3.76. The number of ether oxygens (including phenoxy) is 1. The van der Waals surface area contributed by atoms with Gasteiger partial charge in [0.2, 0.25) is 0 Å². The van der Waals surface area contributed by atoms with Gasteiger partial charge in [0.05, 0.1) is 6.61 Å². The van der Waals surface area contributed by atoms with E-state index in [4.69, 9.17) is 4.74 Å². The van der Waals surface area contributed by atoms with E-state index in [1.165, 1.54) is 32.1 Å². The Bertz CT molecular complexity index is 237. The summed E-state index contributed by atoms with van der Waals surface area (Å²) in [5.41, 5.74) is 0.577. The molecular weight excluding hydrogens is 174 g/mol. The van der Waals surface area contributed by atoms with E-state index in [1.807, 2.05) is 0 Å². The van der Waals surface area contributed by atoms with Crippen molar-refractivity contribution in [1.82, 2.24) is 5.32 Å². The topological polar surface area (TPSA) is 21.3 Å². The molecule has 2 saturated carbocycles. The van der Waals surface area contributed by atoms with E-state index in [1.54, 1.807) is 0 Å². The first-order chi connectivity index (χ1) is 6.59. The van der Waals surface area contributed by atoms with Crippen LogP contribution >= 0.6 is 0 Å². The van der Waals surface area contributed by atoms with Gasteiger partial charge in [-0.15, -0.1) is 0 Å². The van der Waals surface area contributed by atoms with Gasteiger partial charge in [-0.25, -0.2) is 0 Å². The van der Waals surface area contributed by atoms with Crippen molar-refractivity contribution in [3.63, 3.8) is 0 Å². The van der Waals surface area contributed by atoms with E-state index < -0.39 is 0 Å². The highest BCUT2D eigenvalue weighted by atomic mass is 16.5. The van der Waals surface area contributed by atoms with Crippen LogP contribution in [0.5, 0.6) is 0 Å². The summed E-state index contributed by atoms with van der Waals surface area (Å²) in [5.74, 6) is 0.972. The Morgan fingerprint density at radius 3 is 2.43 bits per heavy atom. The molecule has 0 aromatic heterocycles. The summed E-state index contributed by atoms with van der Waals surface area (Å²) in [6.45, 7) is 5.65. The van der Waals surface area contributed by atoms with Crippen molar-refractivity contribution in [2.75, 3.05) is 6.61 Å². The molecule has 1 heterocycles. The van der Waals surface area contributed by atoms with Crippen molar-refractivity contribution in [3.8, 4) is 0 Å². The molecule has 1 spiro atoms. The summed E-state index contributed by atoms with van der Waals surface area (Å²) < 4.78 is 5.93. The number of hydrogen-bond acceptors (Lipinski definition) is 2. The predicted octanol–water partition coefficient (Wildman–Crippen LogP) is 2.29. The largest absolute Gasteiger partial charge is 0.361 e. The van der Waals surface area contributed by atoms with Crippen LogP contribution in [-0.2, 0) is 4.74 Å². The fourth-order valence-electron chi connectivity index (χ4n) is 3.38. The molecule has 14 heavy (non-hydrogen) atoms. The molecule has 1 saturated heterocycles. The van der Waals surface area contributed by atoms with Crippen molar-refractivity contribution in [1.29, 1.82) is 0 Å². The van der Waals surface area contributed by atoms with Crippen LogP contribution in [0.25, 0.3) is 0 Å². The Hall–Kier alpha value is -0.0800. The third kappa shape index (κ3) is 1.49. The Kier molecular flexibility index (Phi) is 1.79. The van der Waals surface area contributed by atoms with E-state index in [-0.39, 0.29) is 5.72 Å². The van der Waals surface area contributed by atoms with Crippen LogP contribution in [0.2, 0.25) is 0 Å². The van der Waals surface area contributed by atoms with Gasteiger partial charge in [0.25, 0.3) is 0 Å². The van der Waals surface area contributed by atoms with Gasteiger partial charge in [-0.1, -0.05) is 13.8 Å². The normalized spacial score (nSPS) is 39.4. The van der Waals surface area contributed by atoms with E-state index in [0.29, 0.717) is 5.41 Å². The van der Waals surface area contributed by atoms with Gasteiger partial charge in [-0.2, -0.15) is 0 Å². The minimum absolute atomic E-state index is 0.0784. The Labute approximate surface area is 86.4 Å². The molecule has 1 N–H and O–H groups in total. The summed E-state index contributed by atoms with van der Waals surface area (Å²) in [7, 11) is 0. The van der Waals surface area contributed by atoms with Gasteiger partial charge in [0, 0.05) is 6.04 Å². The van der Waals surface area contributed by atoms with Crippen LogP contribution in [0.15, 0.2) is 0 Å². The molecule has 3 fully saturated rings. The average molecular weight is 195 g/mol. The molecular formula is C12H21NO. The number of rotatable bonds is 1. The molecule has 0 aromatic rings. The molecule has 2 heteroatoms. The number of hydrogen-bond donors (Lipinski definition) is 1. The second-order valence-corrected chi connectivity index (χ2v) is 6.24. The van der Waals surface area contributed by atoms with Crippen molar-refractivity contribution < 1.29 is 4.74 Å². The quantitative estimate of drug-likeness (QED) is 0.693. The molecule has 3 aliphatic rings. The lowest BCUT2D eigenvalue weighted by atomic mass is 9.65. The predicted molar refractivity (Wildman–Crippen MR) is 56.0 cm³/mol. The Morgan fingerprint density at radius 2 is 1.86 bits per heavy atom. The molecule has 2 nitrogen and oxygen atoms in total. The maximum atomic E-state index is 5.93. The maximum absolute atomic E-state index is 5.93. The van der Waals surface area contributed by atoms with Gasteiger partial charge in [-0.05, 0) is 43.4 Å². The standard InChI is InChI=1S/C12H21NO/c1-11(2)7-12(8-11)13-10(5-6-14-12)9-3-4-9/h9-10,13H,3-8H2,1-2H3. The third-order valence-electron chi connectivity index (χ3n) is 3.97. The van der Waals surface area contributed by atoms with Crippen LogP contribution in [0, 0.1) is 11.3 Å². The van der Waals surface area contributed by atoms with Crippen LogP contribution in [0.1, 0.15) is 46.0 Å². The summed E-state index contributed by atoms with van der Waals surface area (Å²) in [6, 6.07) is 0.764. The smallest absolute Gasteiger partial charge is 0.120 e. The molecule has 2 aliphatic carbocycles. The third-order valence-corrected chi connectivity index (χ3v) is 3.97. The zero-order valence-electron chi connectivity index (χ0n) is 9.31. The summed E-state index contributed by atoms with van der Waals surface area (Å²) in [4.78, 5) is 0. The maximum Gasteiger partial charge on any atom is 0.120 e. The fraction of sp³-hybridized carbons (Fsp3) is 1.00. The van der Waals surface area contributed by atoms with E-state index in [2.05, 4.69) is 19.2 Å². The first-order valence-corrected chi connectivity index (χ1v) is 6.00. The minimum Gasteiger partial charge on any atom is -0.361 e. The van der Waals surface area contributed by atoms with Gasteiger partial charge in [0.1, 0.15) is 5.72 Å². The monoisotopic (exact) mass is 195 g/mol. The van der Waals surface area contributed by atoms with Crippen molar-refractivity contribution >= 4 is 0 Å². The second-order valence-electron chi connectivity index (χ2n) is 6.24. The van der Waals surface area contributed by atoms with Crippen molar-refractivity contribution in [2.24, 2.45) is 11.3 Å². The molecule has 1 unspecified atom stereocenters. The lowest BCUT2D eigenvalue weighted by Gasteiger charge is -2.56. The van der Waals surface area contributed by atoms with Gasteiger partial charge < -0.3 is 4.74 Å². The van der Waals surface area contributed by atoms with E-state index in [0.717, 1.165) is 18.6 Å². The first-order valence-electron chi connectivity index (χ1n) is 6.00. The van der Waals surface area contributed by atoms with E-state index >= 15 is 0 Å². The minimum atomic E-state index is 0.0784. The zero-order chi connectivity index (χ0) is 9.81. The first kappa shape index (κ1) is 9.17. The number of nitrogens with one attached hydrogen (secondary N) is 1. The highest BCUT2D eigenvalue weighted by Crippen LogP contribution is 2.51. The Morgan fingerprint density at radius 1 is 1.14 bits per heavy atom. The SMILES string of the molecule is CC1(C)CC2(C1)NC(C1CC1)CCO2. The van der Waals surface area contributed by atoms with Gasteiger partial charge in [0.15, 0.2) is 0 Å².